The smallest absolute Gasteiger partial charge is 0.294 e. The SMILES string of the molecule is O=S(=O)(O)c1ccc(O)c(Nc2ccc3ccc(S(=O)(=O)O)cc3c2)c1. The minimum atomic E-state index is -4.44. The molecule has 0 radical (unpaired) electrons. The van der Waals surface area contributed by atoms with Crippen molar-refractivity contribution in [3.8, 4) is 5.75 Å². The van der Waals surface area contributed by atoms with E-state index in [9.17, 15) is 21.9 Å². The molecule has 0 bridgehead atoms. The predicted octanol–water partition coefficient (Wildman–Crippen LogP) is 2.78. The molecule has 4 N–H and O–H groups in total. The van der Waals surface area contributed by atoms with Crippen molar-refractivity contribution in [2.45, 2.75) is 9.79 Å². The van der Waals surface area contributed by atoms with Crippen molar-refractivity contribution >= 4 is 42.4 Å². The number of hydrogen-bond donors (Lipinski definition) is 4. The fourth-order valence-corrected chi connectivity index (χ4v) is 3.42. The first kappa shape index (κ1) is 18.1. The molecule has 0 saturated carbocycles. The summed E-state index contributed by atoms with van der Waals surface area (Å²) in [6, 6.07) is 12.2. The molecule has 0 heterocycles. The molecule has 0 aromatic heterocycles. The molecule has 0 amide bonds. The van der Waals surface area contributed by atoms with Gasteiger partial charge in [-0.1, -0.05) is 12.1 Å². The largest absolute Gasteiger partial charge is 0.506 e. The zero-order valence-electron chi connectivity index (χ0n) is 13.0. The predicted molar refractivity (Wildman–Crippen MR) is 95.0 cm³/mol. The maximum Gasteiger partial charge on any atom is 0.294 e. The number of phenols is 1. The summed E-state index contributed by atoms with van der Waals surface area (Å²) >= 11 is 0. The van der Waals surface area contributed by atoms with Crippen molar-refractivity contribution in [3.05, 3.63) is 54.6 Å². The van der Waals surface area contributed by atoms with Gasteiger partial charge in [-0.05, 0) is 53.2 Å². The number of hydrogen-bond acceptors (Lipinski definition) is 6. The molecule has 3 rings (SSSR count). The Labute approximate surface area is 149 Å². The Bertz CT molecular complexity index is 1220. The number of aromatic hydroxyl groups is 1. The fourth-order valence-electron chi connectivity index (χ4n) is 2.39. The topological polar surface area (TPSA) is 141 Å². The van der Waals surface area contributed by atoms with Crippen LogP contribution in [0.4, 0.5) is 11.4 Å². The average molecular weight is 395 g/mol. The summed E-state index contributed by atoms with van der Waals surface area (Å²) in [5.74, 6) is -0.246. The molecule has 26 heavy (non-hydrogen) atoms. The lowest BCUT2D eigenvalue weighted by molar-refractivity contribution is 0.474. The highest BCUT2D eigenvalue weighted by Crippen LogP contribution is 2.31. The quantitative estimate of drug-likeness (QED) is 0.390. The van der Waals surface area contributed by atoms with Crippen LogP contribution in [0.1, 0.15) is 0 Å². The summed E-state index contributed by atoms with van der Waals surface area (Å²) in [5.41, 5.74) is 0.457. The number of rotatable bonds is 4. The van der Waals surface area contributed by atoms with Crippen molar-refractivity contribution < 1.29 is 31.0 Å². The lowest BCUT2D eigenvalue weighted by atomic mass is 10.1. The summed E-state index contributed by atoms with van der Waals surface area (Å²) in [5, 5.41) is 13.9. The standard InChI is InChI=1S/C16H13NO7S2/c18-16-6-5-14(26(22,23)24)9-15(16)17-12-3-1-10-2-4-13(25(19,20)21)8-11(10)7-12/h1-9,17-18H,(H,19,20,21)(H,22,23,24). The molecule has 0 aliphatic carbocycles. The normalized spacial score (nSPS) is 12.2. The summed E-state index contributed by atoms with van der Waals surface area (Å²) in [7, 11) is -8.79. The van der Waals surface area contributed by atoms with Crippen LogP contribution in [-0.4, -0.2) is 31.0 Å². The van der Waals surface area contributed by atoms with Gasteiger partial charge in [0.1, 0.15) is 5.75 Å². The van der Waals surface area contributed by atoms with Crippen molar-refractivity contribution in [3.63, 3.8) is 0 Å². The molecule has 0 aliphatic heterocycles. The molecule has 0 unspecified atom stereocenters. The Morgan fingerprint density at radius 2 is 1.27 bits per heavy atom. The van der Waals surface area contributed by atoms with E-state index in [1.165, 1.54) is 18.2 Å². The van der Waals surface area contributed by atoms with E-state index in [0.29, 0.717) is 16.5 Å². The van der Waals surface area contributed by atoms with E-state index in [0.717, 1.165) is 18.2 Å². The van der Waals surface area contributed by atoms with Gasteiger partial charge in [-0.15, -0.1) is 0 Å². The zero-order valence-corrected chi connectivity index (χ0v) is 14.6. The second kappa shape index (κ2) is 6.25. The molecule has 136 valence electrons. The highest BCUT2D eigenvalue weighted by molar-refractivity contribution is 7.86. The number of benzene rings is 3. The van der Waals surface area contributed by atoms with Crippen LogP contribution in [-0.2, 0) is 20.2 Å². The van der Waals surface area contributed by atoms with Crippen LogP contribution in [0.25, 0.3) is 10.8 Å². The fraction of sp³-hybridized carbons (Fsp3) is 0. The maximum atomic E-state index is 11.3. The van der Waals surface area contributed by atoms with Crippen LogP contribution in [0.3, 0.4) is 0 Å². The molecule has 0 aliphatic rings. The molecule has 0 atom stereocenters. The Morgan fingerprint density at radius 1 is 0.692 bits per heavy atom. The number of anilines is 2. The summed E-state index contributed by atoms with van der Waals surface area (Å²) < 4.78 is 63.2. The number of fused-ring (bicyclic) bond motifs is 1. The minimum absolute atomic E-state index is 0.0328. The van der Waals surface area contributed by atoms with E-state index in [4.69, 9.17) is 9.11 Å². The molecule has 0 saturated heterocycles. The second-order valence-corrected chi connectivity index (χ2v) is 8.32. The van der Waals surface area contributed by atoms with Gasteiger partial charge in [0.05, 0.1) is 15.5 Å². The van der Waals surface area contributed by atoms with E-state index in [2.05, 4.69) is 5.32 Å². The van der Waals surface area contributed by atoms with Gasteiger partial charge in [-0.25, -0.2) is 0 Å². The van der Waals surface area contributed by atoms with Crippen LogP contribution in [0.5, 0.6) is 5.75 Å². The number of nitrogens with one attached hydrogen (secondary N) is 1. The van der Waals surface area contributed by atoms with Crippen molar-refractivity contribution in [2.75, 3.05) is 5.32 Å². The summed E-state index contributed by atoms with van der Waals surface area (Å²) in [4.78, 5) is -0.661. The monoisotopic (exact) mass is 395 g/mol. The Morgan fingerprint density at radius 3 is 1.92 bits per heavy atom. The third-order valence-electron chi connectivity index (χ3n) is 3.65. The van der Waals surface area contributed by atoms with Crippen LogP contribution >= 0.6 is 0 Å². The van der Waals surface area contributed by atoms with Crippen molar-refractivity contribution in [2.24, 2.45) is 0 Å². The Hall–Kier alpha value is -2.66. The van der Waals surface area contributed by atoms with Gasteiger partial charge in [0.15, 0.2) is 0 Å². The third-order valence-corrected chi connectivity index (χ3v) is 5.35. The third kappa shape index (κ3) is 3.78. The van der Waals surface area contributed by atoms with E-state index >= 15 is 0 Å². The Balaban J connectivity index is 2.04. The van der Waals surface area contributed by atoms with E-state index in [1.807, 2.05) is 0 Å². The van der Waals surface area contributed by atoms with Crippen molar-refractivity contribution in [1.82, 2.24) is 0 Å². The van der Waals surface area contributed by atoms with Gasteiger partial charge in [0.25, 0.3) is 20.2 Å². The van der Waals surface area contributed by atoms with E-state index in [1.54, 1.807) is 18.2 Å². The van der Waals surface area contributed by atoms with E-state index in [-0.39, 0.29) is 16.3 Å². The lowest BCUT2D eigenvalue weighted by Crippen LogP contribution is -2.00. The average Bonchev–Trinajstić information content (AvgIpc) is 2.54. The summed E-state index contributed by atoms with van der Waals surface area (Å²) in [6.07, 6.45) is 0. The van der Waals surface area contributed by atoms with Crippen LogP contribution in [0.15, 0.2) is 64.4 Å². The van der Waals surface area contributed by atoms with E-state index < -0.39 is 25.1 Å². The Kier molecular flexibility index (Phi) is 4.36. The van der Waals surface area contributed by atoms with Crippen LogP contribution in [0.2, 0.25) is 0 Å². The molecule has 3 aromatic carbocycles. The molecule has 10 heteroatoms. The number of phenolic OH excluding ortho intramolecular Hbond substituents is 1. The lowest BCUT2D eigenvalue weighted by Gasteiger charge is -2.11. The van der Waals surface area contributed by atoms with Crippen LogP contribution in [0, 0.1) is 0 Å². The summed E-state index contributed by atoms with van der Waals surface area (Å²) in [6.45, 7) is 0. The van der Waals surface area contributed by atoms with Crippen LogP contribution < -0.4 is 5.32 Å². The molecule has 0 spiro atoms. The second-order valence-electron chi connectivity index (χ2n) is 5.48. The minimum Gasteiger partial charge on any atom is -0.506 e. The first-order valence-corrected chi connectivity index (χ1v) is 10.0. The first-order valence-electron chi connectivity index (χ1n) is 7.13. The highest BCUT2D eigenvalue weighted by Gasteiger charge is 2.13. The maximum absolute atomic E-state index is 11.3. The molecule has 8 nitrogen and oxygen atoms in total. The van der Waals surface area contributed by atoms with Gasteiger partial charge in [0.2, 0.25) is 0 Å². The highest BCUT2D eigenvalue weighted by atomic mass is 32.2. The molecule has 3 aromatic rings. The van der Waals surface area contributed by atoms with Gasteiger partial charge in [-0.2, -0.15) is 16.8 Å². The van der Waals surface area contributed by atoms with Gasteiger partial charge < -0.3 is 10.4 Å². The van der Waals surface area contributed by atoms with Gasteiger partial charge in [-0.3, -0.25) is 9.11 Å². The molecular weight excluding hydrogens is 382 g/mol. The molecule has 0 fully saturated rings. The zero-order chi connectivity index (χ0) is 19.1. The first-order chi connectivity index (χ1) is 12.0. The molecular formula is C16H13NO7S2. The van der Waals surface area contributed by atoms with Crippen molar-refractivity contribution in [1.29, 1.82) is 0 Å². The van der Waals surface area contributed by atoms with Gasteiger partial charge >= 0.3 is 0 Å². The van der Waals surface area contributed by atoms with Gasteiger partial charge in [0, 0.05) is 5.69 Å².